The van der Waals surface area contributed by atoms with Crippen LogP contribution in [0.3, 0.4) is 0 Å². The molecule has 3 aliphatic heterocycles. The number of H-pyrrole nitrogens is 2. The van der Waals surface area contributed by atoms with Crippen LogP contribution < -0.4 is 5.32 Å². The number of nitrogens with zero attached hydrogens (tertiary/aromatic N) is 5. The third-order valence-electron chi connectivity index (χ3n) is 12.7. The van der Waals surface area contributed by atoms with Crippen molar-refractivity contribution in [1.29, 1.82) is 0 Å². The number of aromatic amines is 2. The molecule has 2 atom stereocenters. The van der Waals surface area contributed by atoms with Crippen LogP contribution in [0.1, 0.15) is 159 Å². The van der Waals surface area contributed by atoms with Crippen molar-refractivity contribution >= 4 is 69.1 Å². The van der Waals surface area contributed by atoms with Crippen molar-refractivity contribution in [2.24, 2.45) is 0 Å². The number of pyridine rings is 1. The summed E-state index contributed by atoms with van der Waals surface area (Å²) in [6, 6.07) is 9.64. The van der Waals surface area contributed by atoms with Crippen LogP contribution >= 0.6 is 0 Å². The molecule has 4 amide bonds. The van der Waals surface area contributed by atoms with Gasteiger partial charge in [0.2, 0.25) is 5.91 Å². The van der Waals surface area contributed by atoms with E-state index in [1.807, 2.05) is 78.8 Å². The van der Waals surface area contributed by atoms with Gasteiger partial charge in [-0.15, -0.1) is 0 Å². The Labute approximate surface area is 397 Å². The van der Waals surface area contributed by atoms with E-state index < -0.39 is 41.0 Å². The van der Waals surface area contributed by atoms with Gasteiger partial charge in [0.05, 0.1) is 33.7 Å². The highest BCUT2D eigenvalue weighted by molar-refractivity contribution is 6.23. The molecule has 4 aromatic heterocycles. The second-order valence-corrected chi connectivity index (χ2v) is 19.9. The van der Waals surface area contributed by atoms with E-state index in [1.165, 1.54) is 11.0 Å². The third-order valence-corrected chi connectivity index (χ3v) is 12.7. The summed E-state index contributed by atoms with van der Waals surface area (Å²) in [6.07, 6.45) is 7.56. The number of aromatic nitrogens is 5. The summed E-state index contributed by atoms with van der Waals surface area (Å²) in [4.78, 5) is 93.6. The van der Waals surface area contributed by atoms with Gasteiger partial charge in [-0.3, -0.25) is 29.3 Å². The normalized spacial score (nSPS) is 16.1. The standard InChI is InChI=1S/C53H64N8O7/c1-13-34-29(2)38-27-42-35(15-17-44(63)67-52(6,7)8)30(3)37(57-42)26-39-31(4)36(14-16-43(62)60(12)25-23-55-51(66)68-53(9,10)11)47(58-39)46-48-45(32(5)40(59-48)28-41(34)56-38)49(64)61(50(46)65)24-20-33-18-21-54-22-19-33/h15,17-19,21-22,26-28,31,36,57,59H,13-14,16,20,23-25H2,1-12H3,(H,55,66)/b17-15+,37-26?,38-27?,39-26?,40-28?,41-28?,42-27?,47-46?/t31-,36-/m0/s1. The van der Waals surface area contributed by atoms with E-state index in [1.54, 1.807) is 51.2 Å². The molecule has 0 saturated carbocycles. The second kappa shape index (κ2) is 19.4. The SMILES string of the molecule is CCC1=C(C)c2cc3[nH]c(cc4nc(c5c6[nH]c(cc1n2)c(C)c6C(=O)N(CCc1ccncc1)C5=O)[C@@H](CCC(=O)N(C)CCNC(=O)OC(C)(C)C)[C@@H]4C)c(C)c3/C=C/C(=O)OC(C)(C)C. The molecule has 358 valence electrons. The lowest BCUT2D eigenvalue weighted by Gasteiger charge is -2.27. The lowest BCUT2D eigenvalue weighted by atomic mass is 9.84. The van der Waals surface area contributed by atoms with Crippen LogP contribution in [-0.4, -0.2) is 102 Å². The maximum absolute atomic E-state index is 15.2. The maximum atomic E-state index is 15.2. The molecule has 0 radical (unpaired) electrons. The monoisotopic (exact) mass is 924 g/mol. The summed E-state index contributed by atoms with van der Waals surface area (Å²) in [5, 5.41) is 2.72. The van der Waals surface area contributed by atoms with Crippen LogP contribution in [0.5, 0.6) is 0 Å². The first-order valence-electron chi connectivity index (χ1n) is 23.4. The Hall–Kier alpha value is -6.90. The first-order valence-corrected chi connectivity index (χ1v) is 23.4. The quantitative estimate of drug-likeness (QED) is 0.0700. The summed E-state index contributed by atoms with van der Waals surface area (Å²) < 4.78 is 11.0. The Morgan fingerprint density at radius 2 is 1.53 bits per heavy atom. The molecular weight excluding hydrogens is 861 g/mol. The van der Waals surface area contributed by atoms with Gasteiger partial charge in [-0.2, -0.15) is 0 Å². The average molecular weight is 925 g/mol. The lowest BCUT2D eigenvalue weighted by molar-refractivity contribution is -0.148. The largest absolute Gasteiger partial charge is 0.457 e. The molecule has 68 heavy (non-hydrogen) atoms. The zero-order chi connectivity index (χ0) is 49.4. The summed E-state index contributed by atoms with van der Waals surface area (Å²) in [5.41, 5.74) is 9.73. The minimum absolute atomic E-state index is 0.121. The topological polar surface area (TPSA) is 193 Å². The maximum Gasteiger partial charge on any atom is 0.407 e. The number of aryl methyl sites for hydroxylation is 2. The number of rotatable bonds is 12. The molecule has 0 spiro atoms. The molecule has 15 heteroatoms. The predicted molar refractivity (Wildman–Crippen MR) is 264 cm³/mol. The van der Waals surface area contributed by atoms with Crippen molar-refractivity contribution in [1.82, 2.24) is 40.0 Å². The van der Waals surface area contributed by atoms with Gasteiger partial charge in [-0.1, -0.05) is 13.8 Å². The zero-order valence-electron chi connectivity index (χ0n) is 41.4. The molecule has 15 nitrogen and oxygen atoms in total. The molecule has 7 rings (SSSR count). The number of alkyl carbamates (subject to hydrolysis) is 1. The Morgan fingerprint density at radius 1 is 0.868 bits per heavy atom. The summed E-state index contributed by atoms with van der Waals surface area (Å²) in [7, 11) is 1.69. The van der Waals surface area contributed by atoms with Crippen molar-refractivity contribution in [3.8, 4) is 0 Å². The highest BCUT2D eigenvalue weighted by Crippen LogP contribution is 2.44. The van der Waals surface area contributed by atoms with Gasteiger partial charge in [0.25, 0.3) is 11.8 Å². The van der Waals surface area contributed by atoms with E-state index in [0.717, 1.165) is 50.3 Å². The van der Waals surface area contributed by atoms with Gasteiger partial charge in [-0.05, 0) is 146 Å². The van der Waals surface area contributed by atoms with E-state index in [9.17, 15) is 19.2 Å². The molecule has 0 saturated heterocycles. The van der Waals surface area contributed by atoms with Crippen LogP contribution in [-0.2, 0) is 25.5 Å². The van der Waals surface area contributed by atoms with Crippen LogP contribution in [0.2, 0.25) is 0 Å². The second-order valence-electron chi connectivity index (χ2n) is 19.9. The first-order chi connectivity index (χ1) is 32.0. The van der Waals surface area contributed by atoms with E-state index >= 15 is 4.79 Å². The number of imide groups is 1. The van der Waals surface area contributed by atoms with Crippen molar-refractivity contribution in [2.75, 3.05) is 26.7 Å². The minimum atomic E-state index is -0.674. The van der Waals surface area contributed by atoms with Crippen LogP contribution in [0.25, 0.3) is 39.3 Å². The molecule has 0 unspecified atom stereocenters. The van der Waals surface area contributed by atoms with Gasteiger partial charge in [0.15, 0.2) is 0 Å². The molecule has 3 N–H and O–H groups in total. The van der Waals surface area contributed by atoms with Crippen molar-refractivity contribution < 1.29 is 33.4 Å². The van der Waals surface area contributed by atoms with Crippen LogP contribution in [0.4, 0.5) is 4.79 Å². The summed E-state index contributed by atoms with van der Waals surface area (Å²) in [6.45, 7) is 21.4. The molecule has 8 bridgehead atoms. The van der Waals surface area contributed by atoms with Crippen LogP contribution in [0, 0.1) is 13.8 Å². The number of hydrogen-bond donors (Lipinski definition) is 3. The number of carbonyl (C=O) groups is 5. The number of amides is 4. The molecular formula is C53H64N8O7. The number of nitrogens with one attached hydrogen (secondary N) is 3. The number of allylic oxidation sites excluding steroid dienone is 2. The highest BCUT2D eigenvalue weighted by Gasteiger charge is 2.41. The highest BCUT2D eigenvalue weighted by atomic mass is 16.6. The van der Waals surface area contributed by atoms with E-state index in [-0.39, 0.29) is 43.4 Å². The third kappa shape index (κ3) is 10.5. The fourth-order valence-electron chi connectivity index (χ4n) is 9.07. The molecule has 3 aliphatic rings. The zero-order valence-corrected chi connectivity index (χ0v) is 41.4. The number of carbonyl (C=O) groups excluding carboxylic acids is 5. The molecule has 0 aliphatic carbocycles. The molecule has 0 aromatic carbocycles. The number of fused-ring (bicyclic) bond motifs is 8. The first kappa shape index (κ1) is 49.0. The molecule has 0 fully saturated rings. The lowest BCUT2D eigenvalue weighted by Crippen LogP contribution is -2.42. The Kier molecular flexibility index (Phi) is 14.0. The van der Waals surface area contributed by atoms with Gasteiger partial charge < -0.3 is 29.7 Å². The number of hydrogen-bond acceptors (Lipinski definition) is 10. The Morgan fingerprint density at radius 3 is 2.21 bits per heavy atom. The fraction of sp³-hybridized carbons (Fsp3) is 0.434. The van der Waals surface area contributed by atoms with E-state index in [0.29, 0.717) is 52.8 Å². The number of likely N-dealkylation sites (N-methyl/N-ethyl adjacent to an activating group) is 1. The minimum Gasteiger partial charge on any atom is -0.457 e. The number of ether oxygens (including phenoxy) is 2. The average Bonchev–Trinajstić information content (AvgIpc) is 3.94. The van der Waals surface area contributed by atoms with Crippen molar-refractivity contribution in [2.45, 2.75) is 125 Å². The van der Waals surface area contributed by atoms with Crippen LogP contribution in [0.15, 0.2) is 48.8 Å². The van der Waals surface area contributed by atoms with Gasteiger partial charge >= 0.3 is 12.1 Å². The smallest absolute Gasteiger partial charge is 0.407 e. The van der Waals surface area contributed by atoms with Crippen molar-refractivity contribution in [3.05, 3.63) is 105 Å². The summed E-state index contributed by atoms with van der Waals surface area (Å²) in [5.74, 6) is -2.20. The molecule has 7 heterocycles. The van der Waals surface area contributed by atoms with Gasteiger partial charge in [0, 0.05) is 91.2 Å². The van der Waals surface area contributed by atoms with E-state index in [2.05, 4.69) is 27.2 Å². The Balaban J connectivity index is 1.42. The van der Waals surface area contributed by atoms with Gasteiger partial charge in [-0.25, -0.2) is 14.6 Å². The number of esters is 1. The Bertz CT molecular complexity index is 2910. The predicted octanol–water partition coefficient (Wildman–Crippen LogP) is 9.51. The van der Waals surface area contributed by atoms with Gasteiger partial charge in [0.1, 0.15) is 11.2 Å². The molecule has 4 aromatic rings. The van der Waals surface area contributed by atoms with Crippen molar-refractivity contribution in [3.63, 3.8) is 0 Å². The van der Waals surface area contributed by atoms with E-state index in [4.69, 9.17) is 19.4 Å². The summed E-state index contributed by atoms with van der Waals surface area (Å²) >= 11 is 0. The fourth-order valence-corrected chi connectivity index (χ4v) is 9.07.